The van der Waals surface area contributed by atoms with Gasteiger partial charge >= 0.3 is 0 Å². The first-order valence-corrected chi connectivity index (χ1v) is 6.21. The smallest absolute Gasteiger partial charge is 0.251 e. The van der Waals surface area contributed by atoms with E-state index in [4.69, 9.17) is 0 Å². The molecular weight excluding hydrogens is 257 g/mol. The van der Waals surface area contributed by atoms with E-state index in [-0.39, 0.29) is 17.9 Å². The highest BCUT2D eigenvalue weighted by Gasteiger charge is 2.12. The van der Waals surface area contributed by atoms with E-state index in [2.05, 4.69) is 0 Å². The fourth-order valence-corrected chi connectivity index (χ4v) is 1.92. The lowest BCUT2D eigenvalue weighted by Crippen LogP contribution is -2.02. The van der Waals surface area contributed by atoms with E-state index in [1.165, 1.54) is 18.2 Å². The second kappa shape index (κ2) is 6.10. The molecule has 0 unspecified atom stereocenters. The molecule has 3 nitrogen and oxygen atoms in total. The number of nitro groups is 1. The van der Waals surface area contributed by atoms with Crippen LogP contribution in [-0.2, 0) is 6.42 Å². The maximum Gasteiger partial charge on any atom is 0.251 e. The van der Waals surface area contributed by atoms with Gasteiger partial charge in [0.05, 0.1) is 11.3 Å². The van der Waals surface area contributed by atoms with E-state index >= 15 is 0 Å². The van der Waals surface area contributed by atoms with E-state index < -0.39 is 4.92 Å². The summed E-state index contributed by atoms with van der Waals surface area (Å²) in [7, 11) is 0. The summed E-state index contributed by atoms with van der Waals surface area (Å²) in [6.07, 6.45) is 1.73. The minimum atomic E-state index is -0.397. The minimum Gasteiger partial charge on any atom is -0.259 e. The molecular formula is C16H14FNO2. The molecule has 0 spiro atoms. The maximum atomic E-state index is 13.2. The fraction of sp³-hybridized carbons (Fsp3) is 0.125. The van der Waals surface area contributed by atoms with Gasteiger partial charge in [0.25, 0.3) is 5.70 Å². The zero-order valence-corrected chi connectivity index (χ0v) is 11.0. The summed E-state index contributed by atoms with van der Waals surface area (Å²) in [4.78, 5) is 10.7. The standard InChI is InChI=1S/C16H14FNO2/c1-12-9-14(7-8-16(12)17)11-15(18(19)20)10-13-5-3-2-4-6-13/h2-9,11H,10H2,1H3. The van der Waals surface area contributed by atoms with Crippen LogP contribution < -0.4 is 0 Å². The van der Waals surface area contributed by atoms with E-state index in [0.717, 1.165) is 5.56 Å². The Kier molecular flexibility index (Phi) is 4.25. The molecule has 102 valence electrons. The van der Waals surface area contributed by atoms with Crippen molar-refractivity contribution in [3.63, 3.8) is 0 Å². The van der Waals surface area contributed by atoms with Gasteiger partial charge in [-0.25, -0.2) is 4.39 Å². The molecule has 20 heavy (non-hydrogen) atoms. The van der Waals surface area contributed by atoms with Gasteiger partial charge in [-0.1, -0.05) is 36.4 Å². The van der Waals surface area contributed by atoms with Crippen LogP contribution in [0.25, 0.3) is 6.08 Å². The molecule has 4 heteroatoms. The van der Waals surface area contributed by atoms with Gasteiger partial charge in [-0.2, -0.15) is 0 Å². The van der Waals surface area contributed by atoms with Gasteiger partial charge in [0, 0.05) is 6.08 Å². The topological polar surface area (TPSA) is 43.1 Å². The van der Waals surface area contributed by atoms with Crippen molar-refractivity contribution in [3.05, 3.63) is 86.8 Å². The van der Waals surface area contributed by atoms with Crippen LogP contribution in [0.4, 0.5) is 4.39 Å². The van der Waals surface area contributed by atoms with Crippen LogP contribution in [0.2, 0.25) is 0 Å². The van der Waals surface area contributed by atoms with E-state index in [0.29, 0.717) is 11.1 Å². The number of rotatable bonds is 4. The third kappa shape index (κ3) is 3.51. The average Bonchev–Trinajstić information content (AvgIpc) is 2.43. The molecule has 0 atom stereocenters. The molecule has 0 aliphatic carbocycles. The lowest BCUT2D eigenvalue weighted by molar-refractivity contribution is -0.425. The van der Waals surface area contributed by atoms with Crippen LogP contribution in [0.1, 0.15) is 16.7 Å². The molecule has 0 aliphatic heterocycles. The van der Waals surface area contributed by atoms with Gasteiger partial charge in [-0.05, 0) is 35.7 Å². The van der Waals surface area contributed by atoms with Crippen LogP contribution in [0.3, 0.4) is 0 Å². The normalized spacial score (nSPS) is 11.4. The summed E-state index contributed by atoms with van der Waals surface area (Å²) < 4.78 is 13.2. The Labute approximate surface area is 116 Å². The first-order valence-electron chi connectivity index (χ1n) is 6.21. The monoisotopic (exact) mass is 271 g/mol. The van der Waals surface area contributed by atoms with E-state index in [9.17, 15) is 14.5 Å². The highest BCUT2D eigenvalue weighted by molar-refractivity contribution is 5.53. The summed E-state index contributed by atoms with van der Waals surface area (Å²) in [5, 5.41) is 11.1. The number of nitrogens with zero attached hydrogens (tertiary/aromatic N) is 1. The molecule has 2 aromatic carbocycles. The zero-order chi connectivity index (χ0) is 14.5. The Morgan fingerprint density at radius 3 is 2.55 bits per heavy atom. The predicted octanol–water partition coefficient (Wildman–Crippen LogP) is 3.99. The molecule has 0 saturated heterocycles. The predicted molar refractivity (Wildman–Crippen MR) is 76.3 cm³/mol. The molecule has 2 aromatic rings. The van der Waals surface area contributed by atoms with Crippen LogP contribution in [-0.4, -0.2) is 4.92 Å². The van der Waals surface area contributed by atoms with Crippen molar-refractivity contribution in [2.24, 2.45) is 0 Å². The third-order valence-corrected chi connectivity index (χ3v) is 2.98. The Morgan fingerprint density at radius 2 is 1.95 bits per heavy atom. The molecule has 0 aliphatic rings. The summed E-state index contributed by atoms with van der Waals surface area (Å²) in [5.41, 5.74) is 2.06. The lowest BCUT2D eigenvalue weighted by atomic mass is 10.1. The SMILES string of the molecule is Cc1cc(C=C(Cc2ccccc2)[N+](=O)[O-])ccc1F. The molecule has 0 radical (unpaired) electrons. The van der Waals surface area contributed by atoms with E-state index in [1.807, 2.05) is 30.3 Å². The summed E-state index contributed by atoms with van der Waals surface area (Å²) in [6, 6.07) is 13.7. The van der Waals surface area contributed by atoms with Crippen molar-refractivity contribution in [2.75, 3.05) is 0 Å². The number of benzene rings is 2. The van der Waals surface area contributed by atoms with Crippen molar-refractivity contribution in [3.8, 4) is 0 Å². The average molecular weight is 271 g/mol. The quantitative estimate of drug-likeness (QED) is 0.623. The maximum absolute atomic E-state index is 13.2. The lowest BCUT2D eigenvalue weighted by Gasteiger charge is -2.01. The van der Waals surface area contributed by atoms with Crippen molar-refractivity contribution >= 4 is 6.08 Å². The highest BCUT2D eigenvalue weighted by atomic mass is 19.1. The fourth-order valence-electron chi connectivity index (χ4n) is 1.92. The van der Waals surface area contributed by atoms with Gasteiger partial charge in [-0.3, -0.25) is 10.1 Å². The number of hydrogen-bond donors (Lipinski definition) is 0. The first kappa shape index (κ1) is 13.9. The van der Waals surface area contributed by atoms with Crippen LogP contribution in [0.15, 0.2) is 54.2 Å². The highest BCUT2D eigenvalue weighted by Crippen LogP contribution is 2.16. The molecule has 0 fully saturated rings. The van der Waals surface area contributed by atoms with Crippen molar-refractivity contribution < 1.29 is 9.31 Å². The van der Waals surface area contributed by atoms with E-state index in [1.54, 1.807) is 13.0 Å². The summed E-state index contributed by atoms with van der Waals surface area (Å²) in [6.45, 7) is 1.63. The summed E-state index contributed by atoms with van der Waals surface area (Å²) >= 11 is 0. The first-order chi connectivity index (χ1) is 9.56. The van der Waals surface area contributed by atoms with Gasteiger partial charge in [0.2, 0.25) is 0 Å². The van der Waals surface area contributed by atoms with Gasteiger partial charge < -0.3 is 0 Å². The van der Waals surface area contributed by atoms with Crippen LogP contribution in [0.5, 0.6) is 0 Å². The van der Waals surface area contributed by atoms with Gasteiger partial charge in [0.15, 0.2) is 0 Å². The summed E-state index contributed by atoms with van der Waals surface area (Å²) in [5.74, 6) is -0.312. The van der Waals surface area contributed by atoms with Crippen LogP contribution >= 0.6 is 0 Å². The molecule has 0 N–H and O–H groups in total. The second-order valence-corrected chi connectivity index (χ2v) is 4.56. The Balaban J connectivity index is 2.30. The third-order valence-electron chi connectivity index (χ3n) is 2.98. The minimum absolute atomic E-state index is 0.0854. The van der Waals surface area contributed by atoms with Gasteiger partial charge in [0.1, 0.15) is 5.82 Å². The largest absolute Gasteiger partial charge is 0.259 e. The molecule has 0 saturated carbocycles. The second-order valence-electron chi connectivity index (χ2n) is 4.56. The van der Waals surface area contributed by atoms with Crippen molar-refractivity contribution in [1.82, 2.24) is 0 Å². The van der Waals surface area contributed by atoms with Crippen molar-refractivity contribution in [2.45, 2.75) is 13.3 Å². The van der Waals surface area contributed by atoms with Gasteiger partial charge in [-0.15, -0.1) is 0 Å². The molecule has 2 rings (SSSR count). The molecule has 0 amide bonds. The Bertz CT molecular complexity index is 651. The Morgan fingerprint density at radius 1 is 1.25 bits per heavy atom. The molecule has 0 bridgehead atoms. The Hall–Kier alpha value is -2.49. The van der Waals surface area contributed by atoms with Crippen molar-refractivity contribution in [1.29, 1.82) is 0 Å². The molecule has 0 heterocycles. The number of hydrogen-bond acceptors (Lipinski definition) is 2. The van der Waals surface area contributed by atoms with Crippen LogP contribution in [0, 0.1) is 22.9 Å². The number of aryl methyl sites for hydroxylation is 1. The zero-order valence-electron chi connectivity index (χ0n) is 11.0. The number of allylic oxidation sites excluding steroid dienone is 1. The molecule has 0 aromatic heterocycles. The number of halogens is 1.